The number of aromatic nitrogens is 4. The normalized spacial score (nSPS) is 27.0. The summed E-state index contributed by atoms with van der Waals surface area (Å²) in [4.78, 5) is 56.0. The van der Waals surface area contributed by atoms with Crippen LogP contribution >= 0.6 is 15.9 Å². The molecule has 1 aliphatic carbocycles. The summed E-state index contributed by atoms with van der Waals surface area (Å²) in [5.74, 6) is -1.53. The molecule has 15 heteroatoms. The molecule has 3 N–H and O–H groups in total. The number of hydrogen-bond acceptors (Lipinski definition) is 9. The summed E-state index contributed by atoms with van der Waals surface area (Å²) in [5.41, 5.74) is -1.53. The Labute approximate surface area is 275 Å². The minimum Gasteiger partial charge on any atom is -0.496 e. The van der Waals surface area contributed by atoms with Gasteiger partial charge in [0, 0.05) is 24.4 Å². The third-order valence-electron chi connectivity index (χ3n) is 8.49. The van der Waals surface area contributed by atoms with Crippen LogP contribution in [0.2, 0.25) is 0 Å². The van der Waals surface area contributed by atoms with Crippen LogP contribution in [-0.4, -0.2) is 91.0 Å². The summed E-state index contributed by atoms with van der Waals surface area (Å²) in [7, 11) is 1.56. The zero-order valence-electron chi connectivity index (χ0n) is 26.4. The van der Waals surface area contributed by atoms with Crippen molar-refractivity contribution in [1.29, 1.82) is 0 Å². The number of aliphatic carboxylic acids is 1. The van der Waals surface area contributed by atoms with Crippen LogP contribution in [0.25, 0.3) is 11.4 Å². The maximum atomic E-state index is 14.2. The molecule has 2 aromatic rings. The molecule has 1 aromatic heterocycles. The van der Waals surface area contributed by atoms with Crippen molar-refractivity contribution in [1.82, 2.24) is 35.7 Å². The van der Waals surface area contributed by atoms with E-state index in [2.05, 4.69) is 42.0 Å². The largest absolute Gasteiger partial charge is 0.496 e. The van der Waals surface area contributed by atoms with Crippen molar-refractivity contribution in [2.24, 2.45) is 5.92 Å². The Bertz CT molecular complexity index is 1520. The number of alkyl carbamates (subject to hydrolysis) is 1. The smallest absolute Gasteiger partial charge is 0.408 e. The number of carbonyl (C=O) groups is 4. The Balaban J connectivity index is 1.44. The number of carboxylic acids is 1. The molecule has 5 rings (SSSR count). The van der Waals surface area contributed by atoms with Crippen LogP contribution in [0.15, 0.2) is 34.8 Å². The van der Waals surface area contributed by atoms with Gasteiger partial charge in [0.2, 0.25) is 17.6 Å². The highest BCUT2D eigenvalue weighted by Crippen LogP contribution is 2.45. The number of benzene rings is 1. The number of nitrogens with zero attached hydrogens (tertiary/aromatic N) is 5. The molecule has 5 atom stereocenters. The maximum Gasteiger partial charge on any atom is 0.408 e. The molecule has 2 aliphatic heterocycles. The zero-order valence-corrected chi connectivity index (χ0v) is 27.9. The SMILES string of the molecule is COc1ccc(-c2nnn(C3C[C@H]4C(=O)N[C@@]5(C(=O)O)C[C@H]5C=CCCCCC[C@@H](NC(=O)OC(C)(C)C)C(=O)N4C3)n2)cc1Br. The minimum absolute atomic E-state index is 0.0505. The number of hydrogen-bond donors (Lipinski definition) is 3. The van der Waals surface area contributed by atoms with Gasteiger partial charge in [-0.2, -0.15) is 4.80 Å². The van der Waals surface area contributed by atoms with Crippen LogP contribution in [0.3, 0.4) is 0 Å². The first-order chi connectivity index (χ1) is 21.8. The molecule has 1 unspecified atom stereocenters. The van der Waals surface area contributed by atoms with E-state index < -0.39 is 53.1 Å². The van der Waals surface area contributed by atoms with Crippen LogP contribution in [0.5, 0.6) is 5.75 Å². The molecule has 0 spiro atoms. The van der Waals surface area contributed by atoms with Crippen molar-refractivity contribution < 1.29 is 33.8 Å². The van der Waals surface area contributed by atoms with Crippen molar-refractivity contribution in [3.63, 3.8) is 0 Å². The first-order valence-electron chi connectivity index (χ1n) is 15.5. The van der Waals surface area contributed by atoms with Crippen LogP contribution in [0.1, 0.15) is 71.8 Å². The second-order valence-corrected chi connectivity index (χ2v) is 13.9. The zero-order chi connectivity index (χ0) is 33.2. The minimum atomic E-state index is -1.44. The fourth-order valence-corrected chi connectivity index (χ4v) is 6.54. The molecular weight excluding hydrogens is 662 g/mol. The number of ether oxygens (including phenoxy) is 2. The molecule has 0 bridgehead atoms. The average Bonchev–Trinajstić information content (AvgIpc) is 3.31. The molecule has 14 nitrogen and oxygen atoms in total. The molecular formula is C31H40BrN7O7. The Hall–Kier alpha value is -4.01. The molecule has 3 amide bonds. The van der Waals surface area contributed by atoms with Gasteiger partial charge in [-0.05, 0) is 85.8 Å². The molecule has 248 valence electrons. The van der Waals surface area contributed by atoms with Crippen LogP contribution < -0.4 is 15.4 Å². The van der Waals surface area contributed by atoms with Crippen molar-refractivity contribution in [3.05, 3.63) is 34.8 Å². The number of fused-ring (bicyclic) bond motifs is 2. The van der Waals surface area contributed by atoms with Crippen molar-refractivity contribution in [3.8, 4) is 17.1 Å². The number of rotatable bonds is 5. The van der Waals surface area contributed by atoms with Gasteiger partial charge >= 0.3 is 12.1 Å². The van der Waals surface area contributed by atoms with Gasteiger partial charge in [0.15, 0.2) is 0 Å². The van der Waals surface area contributed by atoms with Gasteiger partial charge in [-0.1, -0.05) is 25.0 Å². The van der Waals surface area contributed by atoms with Crippen molar-refractivity contribution in [2.45, 2.75) is 95.0 Å². The van der Waals surface area contributed by atoms with Crippen molar-refractivity contribution in [2.75, 3.05) is 13.7 Å². The molecule has 1 saturated carbocycles. The summed E-state index contributed by atoms with van der Waals surface area (Å²) >= 11 is 3.46. The van der Waals surface area contributed by atoms with Crippen LogP contribution in [0.4, 0.5) is 4.79 Å². The van der Waals surface area contributed by atoms with E-state index in [9.17, 15) is 24.3 Å². The van der Waals surface area contributed by atoms with E-state index in [0.29, 0.717) is 34.5 Å². The lowest BCUT2D eigenvalue weighted by atomic mass is 10.0. The Kier molecular flexibility index (Phi) is 9.70. The van der Waals surface area contributed by atoms with E-state index in [-0.39, 0.29) is 25.3 Å². The highest BCUT2D eigenvalue weighted by atomic mass is 79.9. The summed E-state index contributed by atoms with van der Waals surface area (Å²) in [6, 6.07) is 2.83. The number of allylic oxidation sites excluding steroid dienone is 1. The number of nitrogens with one attached hydrogen (secondary N) is 2. The van der Waals surface area contributed by atoms with Crippen LogP contribution in [-0.2, 0) is 19.1 Å². The Morgan fingerprint density at radius 1 is 1.20 bits per heavy atom. The highest BCUT2D eigenvalue weighted by molar-refractivity contribution is 9.10. The molecule has 2 fully saturated rings. The third-order valence-corrected chi connectivity index (χ3v) is 9.11. The number of carbonyl (C=O) groups excluding carboxylic acids is 3. The third kappa shape index (κ3) is 7.34. The molecule has 1 saturated heterocycles. The van der Waals surface area contributed by atoms with E-state index in [1.807, 2.05) is 12.2 Å². The first-order valence-corrected chi connectivity index (χ1v) is 16.3. The number of methoxy groups -OCH3 is 1. The molecule has 3 aliphatic rings. The Morgan fingerprint density at radius 2 is 1.98 bits per heavy atom. The predicted octanol–water partition coefficient (Wildman–Crippen LogP) is 3.63. The summed E-state index contributed by atoms with van der Waals surface area (Å²) in [5, 5.41) is 28.6. The maximum absolute atomic E-state index is 14.2. The Morgan fingerprint density at radius 3 is 2.67 bits per heavy atom. The number of tetrazole rings is 1. The lowest BCUT2D eigenvalue weighted by Crippen LogP contribution is -2.56. The fraction of sp³-hybridized carbons (Fsp3) is 0.581. The van der Waals surface area contributed by atoms with Crippen LogP contribution in [0, 0.1) is 5.92 Å². The van der Waals surface area contributed by atoms with E-state index >= 15 is 0 Å². The van der Waals surface area contributed by atoms with Gasteiger partial charge in [-0.3, -0.25) is 9.59 Å². The van der Waals surface area contributed by atoms with E-state index in [1.165, 1.54) is 9.70 Å². The van der Waals surface area contributed by atoms with Gasteiger partial charge in [0.1, 0.15) is 29.0 Å². The van der Waals surface area contributed by atoms with Gasteiger partial charge in [0.25, 0.3) is 0 Å². The summed E-state index contributed by atoms with van der Waals surface area (Å²) < 4.78 is 11.5. The molecule has 46 heavy (non-hydrogen) atoms. The second kappa shape index (κ2) is 13.4. The monoisotopic (exact) mass is 701 g/mol. The number of carboxylic acid groups (broad SMARTS) is 1. The van der Waals surface area contributed by atoms with E-state index in [0.717, 1.165) is 19.3 Å². The quantitative estimate of drug-likeness (QED) is 0.390. The van der Waals surface area contributed by atoms with Gasteiger partial charge in [0.05, 0.1) is 17.6 Å². The van der Waals surface area contributed by atoms with E-state index in [1.54, 1.807) is 46.1 Å². The predicted molar refractivity (Wildman–Crippen MR) is 169 cm³/mol. The topological polar surface area (TPSA) is 178 Å². The second-order valence-electron chi connectivity index (χ2n) is 13.0. The lowest BCUT2D eigenvalue weighted by molar-refractivity contribution is -0.145. The number of amides is 3. The molecule has 1 aromatic carbocycles. The van der Waals surface area contributed by atoms with E-state index in [4.69, 9.17) is 9.47 Å². The molecule has 3 heterocycles. The van der Waals surface area contributed by atoms with Gasteiger partial charge < -0.3 is 30.1 Å². The van der Waals surface area contributed by atoms with Gasteiger partial charge in [-0.25, -0.2) is 9.59 Å². The number of halogens is 1. The highest BCUT2D eigenvalue weighted by Gasteiger charge is 2.61. The first kappa shape index (κ1) is 33.4. The summed E-state index contributed by atoms with van der Waals surface area (Å²) in [6.07, 6.45) is 6.85. The fourth-order valence-electron chi connectivity index (χ4n) is 6.00. The standard InChI is InChI=1S/C31H40BrN7O7/c1-30(2,3)46-29(44)33-22-11-9-7-5-6-8-10-19-16-31(19,28(42)43)34-26(40)23-15-20(17-38(23)27(22)41)39-36-25(35-37-39)18-12-13-24(45-4)21(32)14-18/h8,10,12-14,19-20,22-23H,5-7,9,11,15-17H2,1-4H3,(H,33,44)(H,34,40)(H,42,43)/t19-,20?,22-,23+,31+/m1/s1. The van der Waals surface area contributed by atoms with Gasteiger partial charge in [-0.15, -0.1) is 10.2 Å². The summed E-state index contributed by atoms with van der Waals surface area (Å²) in [6.45, 7) is 5.25. The lowest BCUT2D eigenvalue weighted by Gasteiger charge is -2.30. The average molecular weight is 703 g/mol. The van der Waals surface area contributed by atoms with Crippen molar-refractivity contribution >= 4 is 39.8 Å². The molecule has 0 radical (unpaired) electrons.